The third-order valence-corrected chi connectivity index (χ3v) is 3.97. The van der Waals surface area contributed by atoms with E-state index in [-0.39, 0.29) is 5.38 Å². The molecule has 0 spiro atoms. The van der Waals surface area contributed by atoms with Gasteiger partial charge in [0.1, 0.15) is 0 Å². The second kappa shape index (κ2) is 5.93. The van der Waals surface area contributed by atoms with Crippen molar-refractivity contribution < 1.29 is 0 Å². The van der Waals surface area contributed by atoms with Gasteiger partial charge in [0.05, 0.1) is 5.38 Å². The van der Waals surface area contributed by atoms with Crippen molar-refractivity contribution in [2.24, 2.45) is 0 Å². The van der Waals surface area contributed by atoms with Crippen LogP contribution >= 0.6 is 23.2 Å². The smallest absolute Gasteiger partial charge is 0.0518 e. The lowest BCUT2D eigenvalue weighted by atomic mass is 10.0. The summed E-state index contributed by atoms with van der Waals surface area (Å²) >= 11 is 12.5. The summed E-state index contributed by atoms with van der Waals surface area (Å²) in [6.07, 6.45) is 7.92. The van der Waals surface area contributed by atoms with Crippen LogP contribution in [0.4, 0.5) is 0 Å². The van der Waals surface area contributed by atoms with Gasteiger partial charge in [0.25, 0.3) is 0 Å². The van der Waals surface area contributed by atoms with Crippen molar-refractivity contribution in [1.82, 2.24) is 0 Å². The zero-order chi connectivity index (χ0) is 12.3. The number of hydrogen-bond acceptors (Lipinski definition) is 0. The van der Waals surface area contributed by atoms with Crippen LogP contribution in [0.2, 0.25) is 5.02 Å². The fraction of sp³-hybridized carbons (Fsp3) is 0.467. The summed E-state index contributed by atoms with van der Waals surface area (Å²) in [7, 11) is 0. The van der Waals surface area contributed by atoms with Crippen molar-refractivity contribution >= 4 is 23.2 Å². The first-order valence-corrected chi connectivity index (χ1v) is 7.05. The second-order valence-corrected chi connectivity index (χ2v) is 5.83. The summed E-state index contributed by atoms with van der Waals surface area (Å²) < 4.78 is 0. The molecule has 0 heterocycles. The highest BCUT2D eigenvalue weighted by Gasteiger charge is 2.11. The number of benzene rings is 1. The number of aryl methyl sites for hydroxylation is 1. The van der Waals surface area contributed by atoms with Gasteiger partial charge in [-0.1, -0.05) is 41.8 Å². The van der Waals surface area contributed by atoms with Crippen LogP contribution in [0, 0.1) is 6.92 Å². The average molecular weight is 269 g/mol. The Morgan fingerprint density at radius 3 is 2.88 bits per heavy atom. The van der Waals surface area contributed by atoms with Gasteiger partial charge in [-0.3, -0.25) is 0 Å². The van der Waals surface area contributed by atoms with Gasteiger partial charge < -0.3 is 0 Å². The second-order valence-electron chi connectivity index (χ2n) is 4.86. The van der Waals surface area contributed by atoms with E-state index in [2.05, 4.69) is 25.1 Å². The topological polar surface area (TPSA) is 0 Å². The normalized spacial score (nSPS) is 20.9. The molecular formula is C15H18Cl2. The largest absolute Gasteiger partial charge is 0.118 e. The van der Waals surface area contributed by atoms with Crippen molar-refractivity contribution in [2.75, 3.05) is 0 Å². The number of hydrogen-bond donors (Lipinski definition) is 0. The van der Waals surface area contributed by atoms with Crippen molar-refractivity contribution in [3.63, 3.8) is 0 Å². The molecule has 0 N–H and O–H groups in total. The molecule has 0 saturated carbocycles. The molecule has 0 nitrogen and oxygen atoms in total. The molecule has 0 saturated heterocycles. The number of allylic oxidation sites excluding steroid dienone is 2. The molecule has 1 aromatic carbocycles. The van der Waals surface area contributed by atoms with Crippen LogP contribution in [0.25, 0.3) is 0 Å². The van der Waals surface area contributed by atoms with Crippen molar-refractivity contribution in [1.29, 1.82) is 0 Å². The van der Waals surface area contributed by atoms with E-state index in [1.807, 2.05) is 6.07 Å². The summed E-state index contributed by atoms with van der Waals surface area (Å²) in [6, 6.07) is 6.29. The molecule has 2 heteroatoms. The van der Waals surface area contributed by atoms with E-state index in [0.29, 0.717) is 0 Å². The maximum atomic E-state index is 6.27. The third kappa shape index (κ3) is 3.76. The van der Waals surface area contributed by atoms with E-state index >= 15 is 0 Å². The van der Waals surface area contributed by atoms with E-state index in [4.69, 9.17) is 23.2 Å². The fourth-order valence-electron chi connectivity index (χ4n) is 2.30. The van der Waals surface area contributed by atoms with Gasteiger partial charge in [0, 0.05) is 5.02 Å². The van der Waals surface area contributed by atoms with Crippen molar-refractivity contribution in [3.05, 3.63) is 46.0 Å². The molecular weight excluding hydrogens is 251 g/mol. The fourth-order valence-corrected chi connectivity index (χ4v) is 2.94. The lowest BCUT2D eigenvalue weighted by molar-refractivity contribution is 0.710. The molecule has 0 radical (unpaired) electrons. The summed E-state index contributed by atoms with van der Waals surface area (Å²) in [5.74, 6) is 0. The minimum Gasteiger partial charge on any atom is -0.118 e. The molecule has 2 rings (SSSR count). The first-order chi connectivity index (χ1) is 8.15. The van der Waals surface area contributed by atoms with Crippen LogP contribution in [-0.2, 0) is 6.42 Å². The molecule has 1 aromatic rings. The Balaban J connectivity index is 2.14. The van der Waals surface area contributed by atoms with E-state index in [1.54, 1.807) is 0 Å². The van der Waals surface area contributed by atoms with E-state index < -0.39 is 0 Å². The Kier molecular flexibility index (Phi) is 4.53. The molecule has 92 valence electrons. The minimum atomic E-state index is 0.205. The summed E-state index contributed by atoms with van der Waals surface area (Å²) in [5.41, 5.74) is 3.87. The Morgan fingerprint density at radius 2 is 2.12 bits per heavy atom. The van der Waals surface area contributed by atoms with Crippen LogP contribution < -0.4 is 0 Å². The predicted molar refractivity (Wildman–Crippen MR) is 76.1 cm³/mol. The van der Waals surface area contributed by atoms with E-state index in [1.165, 1.54) is 29.5 Å². The van der Waals surface area contributed by atoms with Crippen LogP contribution in [-0.4, -0.2) is 5.38 Å². The lowest BCUT2D eigenvalue weighted by Gasteiger charge is -2.09. The first kappa shape index (κ1) is 13.0. The van der Waals surface area contributed by atoms with Gasteiger partial charge in [0.15, 0.2) is 0 Å². The predicted octanol–water partition coefficient (Wildman–Crippen LogP) is 5.30. The highest BCUT2D eigenvalue weighted by molar-refractivity contribution is 6.31. The molecule has 1 unspecified atom stereocenters. The molecule has 17 heavy (non-hydrogen) atoms. The van der Waals surface area contributed by atoms with Gasteiger partial charge in [-0.15, -0.1) is 11.6 Å². The zero-order valence-electron chi connectivity index (χ0n) is 10.2. The highest BCUT2D eigenvalue weighted by atomic mass is 35.5. The first-order valence-electron chi connectivity index (χ1n) is 6.24. The molecule has 0 aromatic heterocycles. The third-order valence-electron chi connectivity index (χ3n) is 3.27. The Hall–Kier alpha value is -0.460. The highest BCUT2D eigenvalue weighted by Crippen LogP contribution is 2.26. The van der Waals surface area contributed by atoms with E-state index in [0.717, 1.165) is 24.3 Å². The number of halogens is 2. The van der Waals surface area contributed by atoms with E-state index in [9.17, 15) is 0 Å². The minimum absolute atomic E-state index is 0.205. The van der Waals surface area contributed by atoms with Crippen LogP contribution in [0.1, 0.15) is 36.8 Å². The van der Waals surface area contributed by atoms with Crippen LogP contribution in [0.5, 0.6) is 0 Å². The Labute approximate surface area is 114 Å². The van der Waals surface area contributed by atoms with Crippen molar-refractivity contribution in [3.8, 4) is 0 Å². The lowest BCUT2D eigenvalue weighted by Crippen LogP contribution is -1.95. The van der Waals surface area contributed by atoms with Gasteiger partial charge in [-0.05, 0) is 49.8 Å². The summed E-state index contributed by atoms with van der Waals surface area (Å²) in [4.78, 5) is 0. The number of alkyl halides is 1. The molecule has 0 aliphatic heterocycles. The van der Waals surface area contributed by atoms with Crippen LogP contribution in [0.15, 0.2) is 29.8 Å². The average Bonchev–Trinajstić information content (AvgIpc) is 2.47. The Bertz CT molecular complexity index is 421. The van der Waals surface area contributed by atoms with Gasteiger partial charge in [-0.2, -0.15) is 0 Å². The summed E-state index contributed by atoms with van der Waals surface area (Å²) in [6.45, 7) is 2.06. The monoisotopic (exact) mass is 268 g/mol. The van der Waals surface area contributed by atoms with Gasteiger partial charge in [-0.25, -0.2) is 0 Å². The summed E-state index contributed by atoms with van der Waals surface area (Å²) in [5, 5.41) is 1.08. The standard InChI is InChI=1S/C15H18Cl2/c1-11-6-7-13(15(17)8-11)9-12-4-2-3-5-14(16)10-12/h6-8,10,14H,2-5,9H2,1H3. The molecule has 0 fully saturated rings. The number of rotatable bonds is 2. The van der Waals surface area contributed by atoms with Gasteiger partial charge >= 0.3 is 0 Å². The molecule has 1 aliphatic carbocycles. The van der Waals surface area contributed by atoms with Gasteiger partial charge in [0.2, 0.25) is 0 Å². The van der Waals surface area contributed by atoms with Crippen molar-refractivity contribution in [2.45, 2.75) is 44.4 Å². The zero-order valence-corrected chi connectivity index (χ0v) is 11.7. The molecule has 1 atom stereocenters. The molecule has 0 amide bonds. The quantitative estimate of drug-likeness (QED) is 0.505. The SMILES string of the molecule is Cc1ccc(CC2=CC(Cl)CCCC2)c(Cl)c1. The molecule has 0 bridgehead atoms. The molecule has 1 aliphatic rings. The Morgan fingerprint density at radius 1 is 1.29 bits per heavy atom. The maximum absolute atomic E-state index is 6.27. The maximum Gasteiger partial charge on any atom is 0.0518 e. The van der Waals surface area contributed by atoms with Crippen LogP contribution in [0.3, 0.4) is 0 Å².